The van der Waals surface area contributed by atoms with E-state index in [1.165, 1.54) is 5.56 Å². The maximum atomic E-state index is 12.6. The molecule has 2 aromatic rings. The maximum absolute atomic E-state index is 12.6. The Morgan fingerprint density at radius 3 is 2.39 bits per heavy atom. The zero-order valence-corrected chi connectivity index (χ0v) is 16.7. The smallest absolute Gasteiger partial charge is 0.340 e. The molecule has 148 valence electrons. The summed E-state index contributed by atoms with van der Waals surface area (Å²) in [5.41, 5.74) is 4.58. The summed E-state index contributed by atoms with van der Waals surface area (Å²) in [6, 6.07) is 13.3. The van der Waals surface area contributed by atoms with E-state index in [4.69, 9.17) is 4.74 Å². The highest BCUT2D eigenvalue weighted by molar-refractivity contribution is 5.96. The number of carbonyl (C=O) groups is 2. The molecule has 0 aliphatic carbocycles. The number of anilines is 2. The van der Waals surface area contributed by atoms with Crippen LogP contribution in [0.25, 0.3) is 0 Å². The Morgan fingerprint density at radius 1 is 1.00 bits per heavy atom. The van der Waals surface area contributed by atoms with Gasteiger partial charge in [-0.05, 0) is 56.2 Å². The van der Waals surface area contributed by atoms with E-state index in [0.29, 0.717) is 38.3 Å². The molecule has 1 fully saturated rings. The van der Waals surface area contributed by atoms with Crippen molar-refractivity contribution in [3.8, 4) is 0 Å². The van der Waals surface area contributed by atoms with E-state index in [-0.39, 0.29) is 12.0 Å². The minimum atomic E-state index is -0.312. The molecule has 1 saturated heterocycles. The number of ether oxygens (including phenoxy) is 1. The van der Waals surface area contributed by atoms with Gasteiger partial charge in [0.1, 0.15) is 0 Å². The quantitative estimate of drug-likeness (QED) is 0.818. The van der Waals surface area contributed by atoms with Gasteiger partial charge in [-0.1, -0.05) is 18.2 Å². The Labute approximate surface area is 166 Å². The minimum absolute atomic E-state index is 0.0958. The van der Waals surface area contributed by atoms with Crippen molar-refractivity contribution < 1.29 is 14.3 Å². The number of nitrogens with zero attached hydrogens (tertiary/aromatic N) is 2. The number of nitrogens with one attached hydrogen (secondary N) is 1. The van der Waals surface area contributed by atoms with Crippen molar-refractivity contribution in [1.29, 1.82) is 0 Å². The second-order valence-corrected chi connectivity index (χ2v) is 6.94. The van der Waals surface area contributed by atoms with Crippen molar-refractivity contribution in [1.82, 2.24) is 4.90 Å². The van der Waals surface area contributed by atoms with Gasteiger partial charge in [0.2, 0.25) is 0 Å². The fourth-order valence-electron chi connectivity index (χ4n) is 3.30. The SMILES string of the molecule is CCOC(=O)c1ccccc1N1CCN(C(=O)Nc2ccc(C)c(C)c2)CC1. The molecule has 6 nitrogen and oxygen atoms in total. The lowest BCUT2D eigenvalue weighted by Crippen LogP contribution is -2.50. The van der Waals surface area contributed by atoms with Crippen LogP contribution in [0.2, 0.25) is 0 Å². The summed E-state index contributed by atoms with van der Waals surface area (Å²) in [5.74, 6) is -0.312. The van der Waals surface area contributed by atoms with Crippen LogP contribution in [0.5, 0.6) is 0 Å². The Bertz CT molecular complexity index is 858. The van der Waals surface area contributed by atoms with E-state index in [0.717, 1.165) is 16.9 Å². The van der Waals surface area contributed by atoms with Crippen LogP contribution in [0.15, 0.2) is 42.5 Å². The number of piperazine rings is 1. The fourth-order valence-corrected chi connectivity index (χ4v) is 3.30. The minimum Gasteiger partial charge on any atom is -0.462 e. The zero-order valence-electron chi connectivity index (χ0n) is 16.7. The monoisotopic (exact) mass is 381 g/mol. The highest BCUT2D eigenvalue weighted by atomic mass is 16.5. The van der Waals surface area contributed by atoms with Crippen LogP contribution in [0.1, 0.15) is 28.4 Å². The lowest BCUT2D eigenvalue weighted by Gasteiger charge is -2.36. The Balaban J connectivity index is 1.62. The zero-order chi connectivity index (χ0) is 20.1. The van der Waals surface area contributed by atoms with Gasteiger partial charge in [-0.3, -0.25) is 0 Å². The third-order valence-corrected chi connectivity index (χ3v) is 5.07. The number of urea groups is 1. The predicted octanol–water partition coefficient (Wildman–Crippen LogP) is 3.83. The molecule has 6 heteroatoms. The van der Waals surface area contributed by atoms with Gasteiger partial charge in [0.15, 0.2) is 0 Å². The first-order valence-electron chi connectivity index (χ1n) is 9.64. The highest BCUT2D eigenvalue weighted by Gasteiger charge is 2.24. The van der Waals surface area contributed by atoms with E-state index in [1.54, 1.807) is 17.9 Å². The topological polar surface area (TPSA) is 61.9 Å². The average Bonchev–Trinajstić information content (AvgIpc) is 2.71. The van der Waals surface area contributed by atoms with Crippen LogP contribution in [-0.2, 0) is 4.74 Å². The van der Waals surface area contributed by atoms with Crippen LogP contribution >= 0.6 is 0 Å². The molecule has 0 bridgehead atoms. The molecule has 1 N–H and O–H groups in total. The van der Waals surface area contributed by atoms with Crippen molar-refractivity contribution in [3.63, 3.8) is 0 Å². The molecule has 0 spiro atoms. The van der Waals surface area contributed by atoms with E-state index < -0.39 is 0 Å². The molecule has 1 heterocycles. The summed E-state index contributed by atoms with van der Waals surface area (Å²) >= 11 is 0. The molecule has 2 aromatic carbocycles. The first-order chi connectivity index (χ1) is 13.5. The summed E-state index contributed by atoms with van der Waals surface area (Å²) < 4.78 is 5.16. The third-order valence-electron chi connectivity index (χ3n) is 5.07. The van der Waals surface area contributed by atoms with Crippen LogP contribution in [0.3, 0.4) is 0 Å². The molecular weight excluding hydrogens is 354 g/mol. The normalized spacial score (nSPS) is 14.0. The van der Waals surface area contributed by atoms with Crippen LogP contribution < -0.4 is 10.2 Å². The van der Waals surface area contributed by atoms with Gasteiger partial charge in [0.25, 0.3) is 0 Å². The second-order valence-electron chi connectivity index (χ2n) is 6.94. The van der Waals surface area contributed by atoms with Crippen molar-refractivity contribution in [2.45, 2.75) is 20.8 Å². The van der Waals surface area contributed by atoms with Gasteiger partial charge in [0, 0.05) is 31.9 Å². The summed E-state index contributed by atoms with van der Waals surface area (Å²) in [6.45, 7) is 8.74. The molecule has 0 atom stereocenters. The first kappa shape index (κ1) is 19.7. The van der Waals surface area contributed by atoms with Crippen LogP contribution in [0.4, 0.5) is 16.2 Å². The highest BCUT2D eigenvalue weighted by Crippen LogP contribution is 2.23. The maximum Gasteiger partial charge on any atom is 0.340 e. The summed E-state index contributed by atoms with van der Waals surface area (Å²) in [6.07, 6.45) is 0. The van der Waals surface area contributed by atoms with Gasteiger partial charge in [-0.25, -0.2) is 9.59 Å². The van der Waals surface area contributed by atoms with Crippen molar-refractivity contribution in [2.24, 2.45) is 0 Å². The number of aryl methyl sites for hydroxylation is 2. The molecule has 28 heavy (non-hydrogen) atoms. The van der Waals surface area contributed by atoms with Gasteiger partial charge in [-0.15, -0.1) is 0 Å². The number of hydrogen-bond acceptors (Lipinski definition) is 4. The number of benzene rings is 2. The number of carbonyl (C=O) groups excluding carboxylic acids is 2. The average molecular weight is 381 g/mol. The van der Waals surface area contributed by atoms with E-state index in [9.17, 15) is 9.59 Å². The number of esters is 1. The molecular formula is C22H27N3O3. The summed E-state index contributed by atoms with van der Waals surface area (Å²) in [7, 11) is 0. The van der Waals surface area contributed by atoms with E-state index in [1.807, 2.05) is 50.2 Å². The van der Waals surface area contributed by atoms with Gasteiger partial charge in [-0.2, -0.15) is 0 Å². The van der Waals surface area contributed by atoms with Crippen LogP contribution in [0, 0.1) is 13.8 Å². The molecule has 0 radical (unpaired) electrons. The molecule has 3 rings (SSSR count). The lowest BCUT2D eigenvalue weighted by atomic mass is 10.1. The molecule has 1 aliphatic rings. The predicted molar refractivity (Wildman–Crippen MR) is 111 cm³/mol. The number of hydrogen-bond donors (Lipinski definition) is 1. The van der Waals surface area contributed by atoms with E-state index in [2.05, 4.69) is 10.2 Å². The van der Waals surface area contributed by atoms with Crippen molar-refractivity contribution in [3.05, 3.63) is 59.2 Å². The standard InChI is InChI=1S/C22H27N3O3/c1-4-28-21(26)19-7-5-6-8-20(19)24-11-13-25(14-12-24)22(27)23-18-10-9-16(2)17(3)15-18/h5-10,15H,4,11-14H2,1-3H3,(H,23,27). The fraction of sp³-hybridized carbons (Fsp3) is 0.364. The number of para-hydroxylation sites is 1. The third kappa shape index (κ3) is 4.44. The molecule has 1 aliphatic heterocycles. The van der Waals surface area contributed by atoms with Crippen molar-refractivity contribution in [2.75, 3.05) is 43.0 Å². The number of rotatable bonds is 4. The summed E-state index contributed by atoms with van der Waals surface area (Å²) in [4.78, 5) is 28.7. The largest absolute Gasteiger partial charge is 0.462 e. The summed E-state index contributed by atoms with van der Waals surface area (Å²) in [5, 5.41) is 2.97. The van der Waals surface area contributed by atoms with Crippen LogP contribution in [-0.4, -0.2) is 49.7 Å². The lowest BCUT2D eigenvalue weighted by molar-refractivity contribution is 0.0527. The van der Waals surface area contributed by atoms with Crippen molar-refractivity contribution >= 4 is 23.4 Å². The van der Waals surface area contributed by atoms with Gasteiger partial charge in [0.05, 0.1) is 17.9 Å². The van der Waals surface area contributed by atoms with Gasteiger partial charge >= 0.3 is 12.0 Å². The molecule has 0 saturated carbocycles. The Hall–Kier alpha value is -3.02. The molecule has 0 unspecified atom stereocenters. The van der Waals surface area contributed by atoms with Gasteiger partial charge < -0.3 is 19.9 Å². The number of amides is 2. The molecule has 0 aromatic heterocycles. The van der Waals surface area contributed by atoms with E-state index >= 15 is 0 Å². The Morgan fingerprint density at radius 2 is 1.71 bits per heavy atom. The Kier molecular flexibility index (Phi) is 6.19. The molecule has 2 amide bonds. The first-order valence-corrected chi connectivity index (χ1v) is 9.64. The second kappa shape index (κ2) is 8.78.